The van der Waals surface area contributed by atoms with Crippen molar-refractivity contribution in [3.8, 4) is 21.8 Å². The molecule has 0 bridgehead atoms. The number of hydrogen-bond donors (Lipinski definition) is 2. The lowest BCUT2D eigenvalue weighted by molar-refractivity contribution is -0.119. The van der Waals surface area contributed by atoms with Gasteiger partial charge in [-0.2, -0.15) is 0 Å². The van der Waals surface area contributed by atoms with Crippen LogP contribution in [0.2, 0.25) is 0 Å². The largest absolute Gasteiger partial charge is 0.465 e. The third-order valence-corrected chi connectivity index (χ3v) is 7.86. The molecule has 3 aromatic carbocycles. The van der Waals surface area contributed by atoms with E-state index in [0.717, 1.165) is 33.5 Å². The third-order valence-electron chi connectivity index (χ3n) is 6.68. The molecule has 2 N–H and O–H groups in total. The highest BCUT2D eigenvalue weighted by Crippen LogP contribution is 2.45. The minimum atomic E-state index is -0.659. The van der Waals surface area contributed by atoms with Crippen LogP contribution in [0.25, 0.3) is 32.9 Å². The van der Waals surface area contributed by atoms with Gasteiger partial charge >= 0.3 is 11.9 Å². The number of nitrogens with zero attached hydrogens (tertiary/aromatic N) is 1. The molecule has 0 saturated carbocycles. The van der Waals surface area contributed by atoms with Crippen LogP contribution in [0.3, 0.4) is 0 Å². The van der Waals surface area contributed by atoms with Gasteiger partial charge in [0.1, 0.15) is 10.8 Å². The van der Waals surface area contributed by atoms with Crippen LogP contribution in [-0.4, -0.2) is 41.5 Å². The maximum absolute atomic E-state index is 13.0. The summed E-state index contributed by atoms with van der Waals surface area (Å²) in [7, 11) is 1.32. The van der Waals surface area contributed by atoms with Crippen LogP contribution in [0.5, 0.6) is 0 Å². The zero-order valence-corrected chi connectivity index (χ0v) is 21.8. The Morgan fingerprint density at radius 3 is 2.49 bits per heavy atom. The molecular formula is C30H23N3O5S. The van der Waals surface area contributed by atoms with Crippen molar-refractivity contribution in [2.45, 2.75) is 12.8 Å². The normalized spacial score (nSPS) is 11.9. The number of H-pyrrole nitrogens is 1. The fourth-order valence-corrected chi connectivity index (χ4v) is 6.18. The molecule has 1 amide bonds. The van der Waals surface area contributed by atoms with E-state index in [1.807, 2.05) is 42.5 Å². The standard InChI is InChI=1S/C30H23N3O5S/c1-37-30(36)25-21-15-14-17-8-2-3-9-18(17)26(21)39-28(25)33-24(34)16-38-29(35)20-11-5-4-10-19(20)27-31-22-12-6-7-13-23(22)32-27/h2-13H,14-16H2,1H3,(H,31,32)(H,33,34). The SMILES string of the molecule is COC(=O)c1c(NC(=O)COC(=O)c2ccccc2-c2nc3ccccc3[nH]2)sc2c1CCc1ccccc1-2. The predicted molar refractivity (Wildman–Crippen MR) is 149 cm³/mol. The molecule has 0 fully saturated rings. The number of esters is 2. The monoisotopic (exact) mass is 537 g/mol. The first-order valence-electron chi connectivity index (χ1n) is 12.4. The summed E-state index contributed by atoms with van der Waals surface area (Å²) in [5.74, 6) is -1.20. The van der Waals surface area contributed by atoms with E-state index in [0.29, 0.717) is 28.4 Å². The van der Waals surface area contributed by atoms with Crippen LogP contribution in [0.15, 0.2) is 72.8 Å². The molecule has 2 heterocycles. The Kier molecular flexibility index (Phi) is 6.42. The van der Waals surface area contributed by atoms with Crippen molar-refractivity contribution in [1.82, 2.24) is 9.97 Å². The number of aromatic amines is 1. The van der Waals surface area contributed by atoms with Gasteiger partial charge in [0.2, 0.25) is 0 Å². The number of imidazole rings is 1. The Hall–Kier alpha value is -4.76. The molecule has 5 aromatic rings. The number of aryl methyl sites for hydroxylation is 1. The highest BCUT2D eigenvalue weighted by atomic mass is 32.1. The van der Waals surface area contributed by atoms with Gasteiger partial charge in [-0.3, -0.25) is 4.79 Å². The highest BCUT2D eigenvalue weighted by molar-refractivity contribution is 7.20. The summed E-state index contributed by atoms with van der Waals surface area (Å²) in [6, 6.07) is 22.5. The Bertz CT molecular complexity index is 1720. The van der Waals surface area contributed by atoms with Crippen molar-refractivity contribution in [1.29, 1.82) is 0 Å². The van der Waals surface area contributed by atoms with Crippen LogP contribution in [-0.2, 0) is 27.1 Å². The fraction of sp³-hybridized carbons (Fsp3) is 0.133. The fourth-order valence-electron chi connectivity index (χ4n) is 4.87. The van der Waals surface area contributed by atoms with E-state index in [4.69, 9.17) is 9.47 Å². The number of hydrogen-bond acceptors (Lipinski definition) is 7. The summed E-state index contributed by atoms with van der Waals surface area (Å²) in [5, 5.41) is 3.15. The van der Waals surface area contributed by atoms with Crippen molar-refractivity contribution in [2.24, 2.45) is 0 Å². The number of aromatic nitrogens is 2. The number of carbonyl (C=O) groups excluding carboxylic acids is 3. The number of thiophene rings is 1. The number of nitrogens with one attached hydrogen (secondary N) is 2. The zero-order valence-electron chi connectivity index (χ0n) is 20.9. The number of amides is 1. The number of methoxy groups -OCH3 is 1. The Labute approximate surface area is 227 Å². The van der Waals surface area contributed by atoms with E-state index in [-0.39, 0.29) is 5.56 Å². The van der Waals surface area contributed by atoms with E-state index >= 15 is 0 Å². The van der Waals surface area contributed by atoms with Gasteiger partial charge in [-0.25, -0.2) is 14.6 Å². The van der Waals surface area contributed by atoms with Crippen molar-refractivity contribution >= 4 is 45.2 Å². The zero-order chi connectivity index (χ0) is 26.9. The summed E-state index contributed by atoms with van der Waals surface area (Å²) in [4.78, 5) is 47.3. The quantitative estimate of drug-likeness (QED) is 0.271. The minimum absolute atomic E-state index is 0.280. The molecule has 9 heteroatoms. The molecule has 8 nitrogen and oxygen atoms in total. The van der Waals surface area contributed by atoms with Crippen LogP contribution < -0.4 is 5.32 Å². The average Bonchev–Trinajstić information content (AvgIpc) is 3.57. The molecule has 1 aliphatic carbocycles. The molecule has 0 radical (unpaired) electrons. The second kappa shape index (κ2) is 10.2. The van der Waals surface area contributed by atoms with Crippen molar-refractivity contribution < 1.29 is 23.9 Å². The van der Waals surface area contributed by atoms with E-state index in [1.165, 1.54) is 24.0 Å². The van der Waals surface area contributed by atoms with E-state index in [9.17, 15) is 14.4 Å². The predicted octanol–water partition coefficient (Wildman–Crippen LogP) is 5.64. The van der Waals surface area contributed by atoms with Gasteiger partial charge < -0.3 is 19.8 Å². The molecule has 1 aliphatic rings. The number of fused-ring (bicyclic) bond motifs is 4. The highest BCUT2D eigenvalue weighted by Gasteiger charge is 2.29. The van der Waals surface area contributed by atoms with Gasteiger partial charge in [0.25, 0.3) is 5.91 Å². The first kappa shape index (κ1) is 24.6. The lowest BCUT2D eigenvalue weighted by atomic mass is 9.89. The Balaban J connectivity index is 1.21. The number of ether oxygens (including phenoxy) is 2. The first-order chi connectivity index (χ1) is 19.0. The van der Waals surface area contributed by atoms with Gasteiger partial charge in [0.15, 0.2) is 6.61 Å². The number of benzene rings is 3. The minimum Gasteiger partial charge on any atom is -0.465 e. The summed E-state index contributed by atoms with van der Waals surface area (Å²) in [5.41, 5.74) is 5.91. The maximum Gasteiger partial charge on any atom is 0.341 e. The molecule has 0 saturated heterocycles. The van der Waals surface area contributed by atoms with Gasteiger partial charge in [-0.1, -0.05) is 54.6 Å². The van der Waals surface area contributed by atoms with Crippen LogP contribution in [0.4, 0.5) is 5.00 Å². The summed E-state index contributed by atoms with van der Waals surface area (Å²) >= 11 is 1.32. The molecule has 0 atom stereocenters. The average molecular weight is 538 g/mol. The molecule has 0 spiro atoms. The molecule has 194 valence electrons. The number of rotatable bonds is 6. The van der Waals surface area contributed by atoms with E-state index < -0.39 is 24.5 Å². The molecule has 6 rings (SSSR count). The molecular weight excluding hydrogens is 514 g/mol. The molecule has 39 heavy (non-hydrogen) atoms. The molecule has 0 unspecified atom stereocenters. The van der Waals surface area contributed by atoms with Crippen molar-refractivity contribution in [2.75, 3.05) is 19.0 Å². The molecule has 2 aromatic heterocycles. The van der Waals surface area contributed by atoms with Crippen LogP contribution in [0, 0.1) is 0 Å². The smallest absolute Gasteiger partial charge is 0.341 e. The third kappa shape index (κ3) is 4.57. The number of anilines is 1. The van der Waals surface area contributed by atoms with Gasteiger partial charge in [0.05, 0.1) is 29.3 Å². The van der Waals surface area contributed by atoms with Gasteiger partial charge in [0, 0.05) is 10.4 Å². The summed E-state index contributed by atoms with van der Waals surface area (Å²) in [6.07, 6.45) is 1.45. The topological polar surface area (TPSA) is 110 Å². The van der Waals surface area contributed by atoms with Gasteiger partial charge in [-0.05, 0) is 47.7 Å². The Morgan fingerprint density at radius 2 is 1.67 bits per heavy atom. The first-order valence-corrected chi connectivity index (χ1v) is 13.2. The second-order valence-corrected chi connectivity index (χ2v) is 10.1. The van der Waals surface area contributed by atoms with E-state index in [2.05, 4.69) is 21.4 Å². The summed E-state index contributed by atoms with van der Waals surface area (Å²) < 4.78 is 10.4. The number of carbonyl (C=O) groups is 3. The second-order valence-electron chi connectivity index (χ2n) is 9.04. The van der Waals surface area contributed by atoms with E-state index in [1.54, 1.807) is 24.3 Å². The van der Waals surface area contributed by atoms with Crippen LogP contribution >= 0.6 is 11.3 Å². The summed E-state index contributed by atoms with van der Waals surface area (Å²) in [6.45, 7) is -0.521. The maximum atomic E-state index is 13.0. The van der Waals surface area contributed by atoms with Crippen molar-refractivity contribution in [3.05, 3.63) is 95.1 Å². The lowest BCUT2D eigenvalue weighted by Gasteiger charge is -2.16. The van der Waals surface area contributed by atoms with Crippen LogP contribution in [0.1, 0.15) is 31.8 Å². The molecule has 0 aliphatic heterocycles. The van der Waals surface area contributed by atoms with Crippen molar-refractivity contribution in [3.63, 3.8) is 0 Å². The lowest BCUT2D eigenvalue weighted by Crippen LogP contribution is -2.22. The van der Waals surface area contributed by atoms with Gasteiger partial charge in [-0.15, -0.1) is 11.3 Å². The Morgan fingerprint density at radius 1 is 0.923 bits per heavy atom. The number of para-hydroxylation sites is 2.